The molecule has 150 valence electrons. The van der Waals surface area contributed by atoms with Crippen molar-refractivity contribution in [3.8, 4) is 11.9 Å². The van der Waals surface area contributed by atoms with Gasteiger partial charge in [-0.15, -0.1) is 0 Å². The van der Waals surface area contributed by atoms with Crippen molar-refractivity contribution in [2.75, 3.05) is 5.75 Å². The molecule has 4 rings (SSSR count). The normalized spacial score (nSPS) is 17.6. The molecule has 0 saturated heterocycles. The van der Waals surface area contributed by atoms with Crippen molar-refractivity contribution in [3.63, 3.8) is 0 Å². The molecule has 0 spiro atoms. The molecule has 0 amide bonds. The minimum atomic E-state index is -4.60. The lowest BCUT2D eigenvalue weighted by Gasteiger charge is -2.14. The Morgan fingerprint density at radius 2 is 2.03 bits per heavy atom. The largest absolute Gasteiger partial charge is 0.433 e. The van der Waals surface area contributed by atoms with Crippen LogP contribution in [0.15, 0.2) is 35.6 Å². The van der Waals surface area contributed by atoms with E-state index in [0.717, 1.165) is 12.3 Å². The number of nitriles is 1. The first-order chi connectivity index (χ1) is 13.6. The fourth-order valence-corrected chi connectivity index (χ4v) is 4.11. The molecular weight excluding hydrogens is 405 g/mol. The molecule has 1 aliphatic rings. The van der Waals surface area contributed by atoms with Gasteiger partial charge in [0.1, 0.15) is 5.69 Å². The van der Waals surface area contributed by atoms with Crippen molar-refractivity contribution in [1.82, 2.24) is 19.7 Å². The molecule has 3 aromatic rings. The average Bonchev–Trinajstić information content (AvgIpc) is 3.38. The Bertz CT molecular complexity index is 1270. The van der Waals surface area contributed by atoms with Crippen LogP contribution in [0.25, 0.3) is 16.7 Å². The number of hydrogen-bond acceptors (Lipinski definition) is 6. The van der Waals surface area contributed by atoms with Crippen LogP contribution in [0.4, 0.5) is 13.2 Å². The number of hydrogen-bond donors (Lipinski definition) is 1. The van der Waals surface area contributed by atoms with Gasteiger partial charge in [-0.3, -0.25) is 4.98 Å². The van der Waals surface area contributed by atoms with Crippen LogP contribution in [0.3, 0.4) is 0 Å². The van der Waals surface area contributed by atoms with Crippen molar-refractivity contribution in [2.45, 2.75) is 36.3 Å². The van der Waals surface area contributed by atoms with E-state index in [1.165, 1.54) is 17.1 Å². The lowest BCUT2D eigenvalue weighted by molar-refractivity contribution is -0.141. The van der Waals surface area contributed by atoms with Crippen molar-refractivity contribution in [1.29, 1.82) is 10.0 Å². The topological polar surface area (TPSA) is 108 Å². The van der Waals surface area contributed by atoms with Gasteiger partial charge in [-0.2, -0.15) is 23.5 Å². The third kappa shape index (κ3) is 3.23. The maximum atomic E-state index is 12.9. The molecule has 1 atom stereocenters. The molecule has 0 radical (unpaired) electrons. The summed E-state index contributed by atoms with van der Waals surface area (Å²) >= 11 is 0. The summed E-state index contributed by atoms with van der Waals surface area (Å²) in [5.74, 6) is 0.111. The molecule has 11 heteroatoms. The fraction of sp³-hybridized carbons (Fsp3) is 0.333. The quantitative estimate of drug-likeness (QED) is 0.690. The molecule has 1 fully saturated rings. The molecule has 0 aromatic carbocycles. The van der Waals surface area contributed by atoms with Crippen molar-refractivity contribution >= 4 is 20.6 Å². The molecule has 1 aliphatic carbocycles. The highest BCUT2D eigenvalue weighted by Crippen LogP contribution is 2.48. The van der Waals surface area contributed by atoms with E-state index in [0.29, 0.717) is 23.8 Å². The summed E-state index contributed by atoms with van der Waals surface area (Å²) in [7, 11) is -3.24. The van der Waals surface area contributed by atoms with Crippen molar-refractivity contribution in [2.24, 2.45) is 0 Å². The van der Waals surface area contributed by atoms with E-state index in [1.54, 1.807) is 13.0 Å². The Morgan fingerprint density at radius 1 is 1.31 bits per heavy atom. The second kappa shape index (κ2) is 6.25. The highest BCUT2D eigenvalue weighted by molar-refractivity contribution is 7.92. The Labute approximate surface area is 164 Å². The van der Waals surface area contributed by atoms with E-state index in [9.17, 15) is 22.6 Å². The smallest absolute Gasteiger partial charge is 0.251 e. The predicted molar refractivity (Wildman–Crippen MR) is 97.9 cm³/mol. The third-order valence-electron chi connectivity index (χ3n) is 5.01. The zero-order valence-electron chi connectivity index (χ0n) is 15.2. The zero-order valence-corrected chi connectivity index (χ0v) is 16.0. The predicted octanol–water partition coefficient (Wildman–Crippen LogP) is 3.82. The SMILES string of the molecule is CCS(=N)(=O)c1cc(C2(C#N)CC2)cnc1-n1cc2cnc(C(F)(F)F)cc2n1. The molecule has 29 heavy (non-hydrogen) atoms. The first-order valence-corrected chi connectivity index (χ1v) is 10.4. The van der Waals surface area contributed by atoms with Crippen LogP contribution in [0.1, 0.15) is 31.0 Å². The number of fused-ring (bicyclic) bond motifs is 1. The summed E-state index contributed by atoms with van der Waals surface area (Å²) in [6.45, 7) is 1.60. The molecule has 0 aliphatic heterocycles. The molecular formula is C18H15F3N6OS. The minimum absolute atomic E-state index is 0.0191. The molecule has 7 nitrogen and oxygen atoms in total. The van der Waals surface area contributed by atoms with Crippen molar-refractivity contribution in [3.05, 3.63) is 42.0 Å². The van der Waals surface area contributed by atoms with Crippen LogP contribution >= 0.6 is 0 Å². The Balaban J connectivity index is 1.89. The van der Waals surface area contributed by atoms with Crippen LogP contribution in [-0.4, -0.2) is 29.7 Å². The van der Waals surface area contributed by atoms with Gasteiger partial charge in [0, 0.05) is 29.7 Å². The first-order valence-electron chi connectivity index (χ1n) is 8.71. The van der Waals surface area contributed by atoms with Crippen LogP contribution in [0.5, 0.6) is 0 Å². The van der Waals surface area contributed by atoms with Crippen LogP contribution < -0.4 is 0 Å². The number of nitrogens with one attached hydrogen (secondary N) is 1. The van der Waals surface area contributed by atoms with E-state index >= 15 is 0 Å². The minimum Gasteiger partial charge on any atom is -0.251 e. The van der Waals surface area contributed by atoms with Crippen LogP contribution in [-0.2, 0) is 21.3 Å². The van der Waals surface area contributed by atoms with E-state index < -0.39 is 27.0 Å². The second-order valence-corrected chi connectivity index (χ2v) is 9.27. The van der Waals surface area contributed by atoms with E-state index in [-0.39, 0.29) is 22.0 Å². The average molecular weight is 420 g/mol. The summed E-state index contributed by atoms with van der Waals surface area (Å²) < 4.78 is 61.1. The maximum absolute atomic E-state index is 12.9. The van der Waals surface area contributed by atoms with Gasteiger partial charge in [0.05, 0.1) is 31.6 Å². The number of alkyl halides is 3. The summed E-state index contributed by atoms with van der Waals surface area (Å²) in [6.07, 6.45) is 0.682. The summed E-state index contributed by atoms with van der Waals surface area (Å²) in [6, 6.07) is 4.61. The molecule has 1 saturated carbocycles. The number of halogens is 3. The lowest BCUT2D eigenvalue weighted by Crippen LogP contribution is -2.13. The highest BCUT2D eigenvalue weighted by atomic mass is 32.2. The first kappa shape index (κ1) is 19.3. The highest BCUT2D eigenvalue weighted by Gasteiger charge is 2.45. The van der Waals surface area contributed by atoms with Gasteiger partial charge in [-0.1, -0.05) is 6.92 Å². The van der Waals surface area contributed by atoms with Gasteiger partial charge in [0.25, 0.3) is 0 Å². The van der Waals surface area contributed by atoms with E-state index in [1.807, 2.05) is 0 Å². The van der Waals surface area contributed by atoms with Gasteiger partial charge in [0.2, 0.25) is 0 Å². The summed E-state index contributed by atoms with van der Waals surface area (Å²) in [4.78, 5) is 7.81. The van der Waals surface area contributed by atoms with Crippen LogP contribution in [0, 0.1) is 16.1 Å². The molecule has 3 heterocycles. The summed E-state index contributed by atoms with van der Waals surface area (Å²) in [5, 5.41) is 13.9. The van der Waals surface area contributed by atoms with Gasteiger partial charge < -0.3 is 0 Å². The zero-order chi connectivity index (χ0) is 21.0. The van der Waals surface area contributed by atoms with Gasteiger partial charge in [0.15, 0.2) is 5.82 Å². The molecule has 3 aromatic heterocycles. The Kier molecular flexibility index (Phi) is 4.16. The number of nitrogens with zero attached hydrogens (tertiary/aromatic N) is 5. The van der Waals surface area contributed by atoms with Gasteiger partial charge >= 0.3 is 6.18 Å². The maximum Gasteiger partial charge on any atom is 0.433 e. The standard InChI is InChI=1S/C18H15F3N6OS/c1-2-29(23,28)14-5-12(17(10-22)3-4-17)8-25-16(14)27-9-11-7-24-15(18(19,20)21)6-13(11)26-27/h5-9,23H,2-4H2,1H3. The Morgan fingerprint density at radius 3 is 2.62 bits per heavy atom. The third-order valence-corrected chi connectivity index (χ3v) is 6.83. The second-order valence-electron chi connectivity index (χ2n) is 6.90. The molecule has 1 N–H and O–H groups in total. The van der Waals surface area contributed by atoms with Crippen LogP contribution in [0.2, 0.25) is 0 Å². The molecule has 1 unspecified atom stereocenters. The lowest BCUT2D eigenvalue weighted by atomic mass is 10.00. The Hall–Kier alpha value is -3.00. The monoisotopic (exact) mass is 420 g/mol. The van der Waals surface area contributed by atoms with E-state index in [4.69, 9.17) is 4.78 Å². The number of pyridine rings is 2. The number of aromatic nitrogens is 4. The fourth-order valence-electron chi connectivity index (χ4n) is 3.04. The van der Waals surface area contributed by atoms with Crippen molar-refractivity contribution < 1.29 is 17.4 Å². The molecule has 0 bridgehead atoms. The number of rotatable bonds is 4. The van der Waals surface area contributed by atoms with Gasteiger partial charge in [-0.05, 0) is 30.5 Å². The van der Waals surface area contributed by atoms with Gasteiger partial charge in [-0.25, -0.2) is 18.7 Å². The summed E-state index contributed by atoms with van der Waals surface area (Å²) in [5.41, 5.74) is -1.11. The van der Waals surface area contributed by atoms with E-state index in [2.05, 4.69) is 21.1 Å².